The molecular weight excluding hydrogens is 683 g/mol. The number of hydrogen-bond donors (Lipinski definition) is 2. The van der Waals surface area contributed by atoms with E-state index >= 15 is 0 Å². The zero-order chi connectivity index (χ0) is 28.9. The average molecular weight is 735 g/mol. The topological polar surface area (TPSA) is 53.4 Å². The summed E-state index contributed by atoms with van der Waals surface area (Å²) < 4.78 is 0. The van der Waals surface area contributed by atoms with E-state index in [-0.39, 0.29) is 49.1 Å². The van der Waals surface area contributed by atoms with E-state index in [2.05, 4.69) is 77.9 Å². The molecule has 0 spiro atoms. The quantitative estimate of drug-likeness (QED) is 0.248. The van der Waals surface area contributed by atoms with E-state index in [4.69, 9.17) is 4.98 Å². The van der Waals surface area contributed by atoms with E-state index in [1.54, 1.807) is 0 Å². The predicted octanol–water partition coefficient (Wildman–Crippen LogP) is 9.35. The van der Waals surface area contributed by atoms with Crippen molar-refractivity contribution in [1.82, 2.24) is 4.98 Å². The SMILES string of the molecule is CC(C)c1ccc2ccc(-c3[c-]cccc3)nc2c1.CCC1(CC)CCCC2CCC(CC)(CC)C(O)C2C1O.[Ir]. The molecule has 2 aliphatic carbocycles. The molecule has 2 saturated carbocycles. The summed E-state index contributed by atoms with van der Waals surface area (Å²) in [5.41, 5.74) is 4.48. The minimum atomic E-state index is -0.326. The Morgan fingerprint density at radius 2 is 1.49 bits per heavy atom. The van der Waals surface area contributed by atoms with E-state index in [0.29, 0.717) is 11.8 Å². The van der Waals surface area contributed by atoms with Crippen LogP contribution in [0.15, 0.2) is 54.6 Å². The van der Waals surface area contributed by atoms with Gasteiger partial charge in [0, 0.05) is 26.0 Å². The van der Waals surface area contributed by atoms with Crippen molar-refractivity contribution >= 4 is 10.9 Å². The largest absolute Gasteiger partial charge is 0.392 e. The second-order valence-electron chi connectivity index (χ2n) is 12.9. The molecule has 2 aromatic carbocycles. The third-order valence-electron chi connectivity index (χ3n) is 11.0. The van der Waals surface area contributed by atoms with Crippen molar-refractivity contribution in [2.45, 2.75) is 117 Å². The molecule has 4 unspecified atom stereocenters. The Morgan fingerprint density at radius 1 is 0.854 bits per heavy atom. The van der Waals surface area contributed by atoms with Crippen molar-refractivity contribution in [2.24, 2.45) is 22.7 Å². The fourth-order valence-corrected chi connectivity index (χ4v) is 7.76. The number of aliphatic hydroxyl groups is 2. The molecule has 0 aliphatic heterocycles. The first-order valence-corrected chi connectivity index (χ1v) is 16.0. The smallest absolute Gasteiger partial charge is 0.0651 e. The number of rotatable bonds is 6. The van der Waals surface area contributed by atoms with Gasteiger partial charge in [-0.3, -0.25) is 4.98 Å². The maximum atomic E-state index is 11.2. The van der Waals surface area contributed by atoms with Gasteiger partial charge in [0.1, 0.15) is 0 Å². The fourth-order valence-electron chi connectivity index (χ4n) is 7.76. The van der Waals surface area contributed by atoms with Gasteiger partial charge >= 0.3 is 0 Å². The standard InChI is InChI=1S/C19H36O2.C18H16N.Ir/c1-5-18(6-2)12-9-10-14-11-13-19(7-3,8-4)17(21)15(14)16(18)20;1-13(2)16-9-8-15-10-11-17(19-18(15)12-16)14-6-4-3-5-7-14;/h14-17,20-21H,5-13H2,1-4H3;3-6,8-13H,1-2H3;/q;-1;. The molecule has 0 saturated heterocycles. The summed E-state index contributed by atoms with van der Waals surface area (Å²) in [4.78, 5) is 4.76. The van der Waals surface area contributed by atoms with Crippen LogP contribution in [0, 0.1) is 28.7 Å². The Kier molecular flexibility index (Phi) is 12.2. The zero-order valence-electron chi connectivity index (χ0n) is 26.1. The third kappa shape index (κ3) is 6.98. The van der Waals surface area contributed by atoms with Gasteiger partial charge in [-0.2, -0.15) is 0 Å². The van der Waals surface area contributed by atoms with Crippen LogP contribution >= 0.6 is 0 Å². The maximum Gasteiger partial charge on any atom is 0.0651 e. The minimum absolute atomic E-state index is 0. The fraction of sp³-hybridized carbons (Fsp3) is 0.595. The number of fused-ring (bicyclic) bond motifs is 2. The van der Waals surface area contributed by atoms with Crippen LogP contribution in [0.3, 0.4) is 0 Å². The zero-order valence-corrected chi connectivity index (χ0v) is 28.5. The van der Waals surface area contributed by atoms with Gasteiger partial charge in [0.2, 0.25) is 0 Å². The molecule has 1 heterocycles. The first-order valence-electron chi connectivity index (χ1n) is 16.0. The number of nitrogens with zero attached hydrogens (tertiary/aromatic N) is 1. The Labute approximate surface area is 262 Å². The van der Waals surface area contributed by atoms with E-state index in [1.807, 2.05) is 24.3 Å². The molecular formula is C37H52IrNO2-. The van der Waals surface area contributed by atoms with Crippen LogP contribution in [0.25, 0.3) is 22.2 Å². The van der Waals surface area contributed by atoms with E-state index < -0.39 is 0 Å². The monoisotopic (exact) mass is 735 g/mol. The van der Waals surface area contributed by atoms with Crippen molar-refractivity contribution in [1.29, 1.82) is 0 Å². The number of benzene rings is 2. The number of hydrogen-bond acceptors (Lipinski definition) is 3. The molecule has 0 bridgehead atoms. The van der Waals surface area contributed by atoms with Crippen LogP contribution in [-0.2, 0) is 20.1 Å². The van der Waals surface area contributed by atoms with E-state index in [0.717, 1.165) is 55.3 Å². The normalized spacial score (nSPS) is 24.9. The van der Waals surface area contributed by atoms with Crippen molar-refractivity contribution in [3.8, 4) is 11.3 Å². The van der Waals surface area contributed by atoms with Gasteiger partial charge in [0.05, 0.1) is 17.7 Å². The summed E-state index contributed by atoms with van der Waals surface area (Å²) in [6.07, 6.45) is 9.37. The number of aromatic nitrogens is 1. The molecule has 2 fully saturated rings. The van der Waals surface area contributed by atoms with Gasteiger partial charge in [-0.15, -0.1) is 35.9 Å². The van der Waals surface area contributed by atoms with Crippen LogP contribution in [0.1, 0.15) is 111 Å². The second-order valence-corrected chi connectivity index (χ2v) is 12.9. The van der Waals surface area contributed by atoms with Crippen LogP contribution in [0.4, 0.5) is 0 Å². The van der Waals surface area contributed by atoms with Crippen molar-refractivity contribution in [2.75, 3.05) is 0 Å². The van der Waals surface area contributed by atoms with Crippen molar-refractivity contribution < 1.29 is 30.3 Å². The van der Waals surface area contributed by atoms with Gasteiger partial charge in [-0.25, -0.2) is 0 Å². The molecule has 2 N–H and O–H groups in total. The molecule has 0 amide bonds. The second kappa shape index (κ2) is 14.7. The molecule has 3 aromatic rings. The Morgan fingerprint density at radius 3 is 2.07 bits per heavy atom. The average Bonchev–Trinajstić information content (AvgIpc) is 3.14. The van der Waals surface area contributed by atoms with Crippen LogP contribution in [0.2, 0.25) is 0 Å². The molecule has 41 heavy (non-hydrogen) atoms. The van der Waals surface area contributed by atoms with Crippen LogP contribution in [-0.4, -0.2) is 27.4 Å². The van der Waals surface area contributed by atoms with Gasteiger partial charge in [0.25, 0.3) is 0 Å². The van der Waals surface area contributed by atoms with Gasteiger partial charge in [-0.05, 0) is 96.7 Å². The summed E-state index contributed by atoms with van der Waals surface area (Å²) in [5.74, 6) is 1.15. The molecule has 1 radical (unpaired) electrons. The van der Waals surface area contributed by atoms with Crippen LogP contribution < -0.4 is 0 Å². The Hall–Kier alpha value is -1.58. The van der Waals surface area contributed by atoms with Gasteiger partial charge in [0.15, 0.2) is 0 Å². The van der Waals surface area contributed by atoms with Gasteiger partial charge < -0.3 is 10.2 Å². The Balaban J connectivity index is 0.000000221. The molecule has 3 nitrogen and oxygen atoms in total. The summed E-state index contributed by atoms with van der Waals surface area (Å²) >= 11 is 0. The summed E-state index contributed by atoms with van der Waals surface area (Å²) in [6, 6.07) is 21.9. The van der Waals surface area contributed by atoms with Gasteiger partial charge in [-0.1, -0.05) is 72.2 Å². The predicted molar refractivity (Wildman–Crippen MR) is 168 cm³/mol. The first kappa shape index (κ1) is 33.9. The molecule has 4 heteroatoms. The van der Waals surface area contributed by atoms with E-state index in [1.165, 1.54) is 30.2 Å². The molecule has 227 valence electrons. The Bertz CT molecular complexity index is 1220. The number of aliphatic hydroxyl groups excluding tert-OH is 2. The van der Waals surface area contributed by atoms with Crippen molar-refractivity contribution in [3.63, 3.8) is 0 Å². The summed E-state index contributed by atoms with van der Waals surface area (Å²) in [7, 11) is 0. The van der Waals surface area contributed by atoms with Crippen LogP contribution in [0.5, 0.6) is 0 Å². The first-order chi connectivity index (χ1) is 19.2. The summed E-state index contributed by atoms with van der Waals surface area (Å²) in [6.45, 7) is 13.3. The third-order valence-corrected chi connectivity index (χ3v) is 11.0. The molecule has 4 atom stereocenters. The molecule has 1 aromatic heterocycles. The molecule has 5 rings (SSSR count). The maximum absolute atomic E-state index is 11.2. The minimum Gasteiger partial charge on any atom is -0.392 e. The number of pyridine rings is 1. The summed E-state index contributed by atoms with van der Waals surface area (Å²) in [5, 5.41) is 23.6. The van der Waals surface area contributed by atoms with Crippen molar-refractivity contribution in [3.05, 3.63) is 66.2 Å². The molecule has 2 aliphatic rings. The van der Waals surface area contributed by atoms with E-state index in [9.17, 15) is 10.2 Å².